The molecule has 0 atom stereocenters. The molecule has 2 aromatic carbocycles. The van der Waals surface area contributed by atoms with Crippen LogP contribution in [0.5, 0.6) is 0 Å². The number of hydrogen-bond donors (Lipinski definition) is 0. The molecule has 6 rings (SSSR count). The monoisotopic (exact) mass is 482 g/mol. The summed E-state index contributed by atoms with van der Waals surface area (Å²) >= 11 is 2.92. The van der Waals surface area contributed by atoms with E-state index in [9.17, 15) is 9.59 Å². The summed E-state index contributed by atoms with van der Waals surface area (Å²) in [7, 11) is 0. The Morgan fingerprint density at radius 2 is 1.03 bits per heavy atom. The van der Waals surface area contributed by atoms with Crippen molar-refractivity contribution in [3.05, 3.63) is 105 Å². The van der Waals surface area contributed by atoms with Gasteiger partial charge in [-0.05, 0) is 11.1 Å². The van der Waals surface area contributed by atoms with E-state index in [0.29, 0.717) is 33.5 Å². The quantitative estimate of drug-likeness (QED) is 0.336. The van der Waals surface area contributed by atoms with Crippen LogP contribution in [-0.4, -0.2) is 19.1 Å². The number of thiophene rings is 2. The van der Waals surface area contributed by atoms with Crippen molar-refractivity contribution < 1.29 is 0 Å². The molecular weight excluding hydrogens is 464 g/mol. The zero-order chi connectivity index (χ0) is 23.1. The normalized spacial score (nSPS) is 11.4. The van der Waals surface area contributed by atoms with E-state index in [-0.39, 0.29) is 11.1 Å². The molecule has 4 heterocycles. The Morgan fingerprint density at radius 3 is 1.44 bits per heavy atom. The van der Waals surface area contributed by atoms with E-state index < -0.39 is 0 Å². The largest absolute Gasteiger partial charge is 0.297 e. The topological polar surface area (TPSA) is 69.8 Å². The Morgan fingerprint density at radius 1 is 0.618 bits per heavy atom. The number of nitrogens with zero attached hydrogens (tertiary/aromatic N) is 4. The number of fused-ring (bicyclic) bond motifs is 2. The molecule has 166 valence electrons. The van der Waals surface area contributed by atoms with Crippen LogP contribution in [0, 0.1) is 0 Å². The summed E-state index contributed by atoms with van der Waals surface area (Å²) in [4.78, 5) is 37.1. The summed E-state index contributed by atoms with van der Waals surface area (Å²) < 4.78 is 3.15. The molecule has 0 radical (unpaired) electrons. The third kappa shape index (κ3) is 3.48. The van der Waals surface area contributed by atoms with Crippen LogP contribution in [0.25, 0.3) is 42.7 Å². The molecule has 0 aliphatic rings. The van der Waals surface area contributed by atoms with Crippen LogP contribution in [0.3, 0.4) is 0 Å². The van der Waals surface area contributed by atoms with E-state index in [1.54, 1.807) is 21.8 Å². The van der Waals surface area contributed by atoms with Crippen molar-refractivity contribution >= 4 is 43.1 Å². The van der Waals surface area contributed by atoms with Crippen LogP contribution >= 0.6 is 22.7 Å². The minimum atomic E-state index is -0.104. The van der Waals surface area contributed by atoms with Gasteiger partial charge in [0.2, 0.25) is 0 Å². The van der Waals surface area contributed by atoms with Gasteiger partial charge < -0.3 is 0 Å². The summed E-state index contributed by atoms with van der Waals surface area (Å²) in [5.74, 6) is 0. The van der Waals surface area contributed by atoms with Crippen LogP contribution < -0.4 is 11.1 Å². The first-order valence-corrected chi connectivity index (χ1v) is 12.5. The van der Waals surface area contributed by atoms with Gasteiger partial charge in [-0.25, -0.2) is 9.97 Å². The van der Waals surface area contributed by atoms with Crippen molar-refractivity contribution in [3.63, 3.8) is 0 Å². The molecule has 0 aliphatic heterocycles. The van der Waals surface area contributed by atoms with Gasteiger partial charge in [-0.15, -0.1) is 22.7 Å². The van der Waals surface area contributed by atoms with E-state index >= 15 is 0 Å². The van der Waals surface area contributed by atoms with E-state index in [1.165, 1.54) is 22.7 Å². The highest BCUT2D eigenvalue weighted by Gasteiger charge is 2.15. The second-order valence-corrected chi connectivity index (χ2v) is 9.59. The van der Waals surface area contributed by atoms with Crippen molar-refractivity contribution in [1.29, 1.82) is 0 Å². The third-order valence-electron chi connectivity index (χ3n) is 5.87. The molecule has 0 saturated carbocycles. The summed E-state index contributed by atoms with van der Waals surface area (Å²) in [6.07, 6.45) is 3.12. The lowest BCUT2D eigenvalue weighted by atomic mass is 10.1. The fraction of sp³-hybridized carbons (Fsp3) is 0.0769. The average Bonchev–Trinajstić information content (AvgIpc) is 3.51. The zero-order valence-corrected chi connectivity index (χ0v) is 19.6. The molecular formula is C26H18N4O2S2. The smallest absolute Gasteiger partial charge is 0.262 e. The number of aromatic nitrogens is 4. The van der Waals surface area contributed by atoms with E-state index in [1.807, 2.05) is 71.4 Å². The lowest BCUT2D eigenvalue weighted by Gasteiger charge is -2.09. The van der Waals surface area contributed by atoms with Gasteiger partial charge in [0.15, 0.2) is 0 Å². The molecule has 0 bridgehead atoms. The second-order valence-electron chi connectivity index (χ2n) is 7.88. The van der Waals surface area contributed by atoms with Crippen molar-refractivity contribution in [2.45, 2.75) is 13.1 Å². The predicted molar refractivity (Wildman–Crippen MR) is 139 cm³/mol. The maximum absolute atomic E-state index is 13.3. The maximum Gasteiger partial charge on any atom is 0.262 e. The zero-order valence-electron chi connectivity index (χ0n) is 17.9. The Balaban J connectivity index is 1.37. The van der Waals surface area contributed by atoms with Gasteiger partial charge in [-0.1, -0.05) is 60.7 Å². The summed E-state index contributed by atoms with van der Waals surface area (Å²) in [5, 5.41) is 5.18. The summed E-state index contributed by atoms with van der Waals surface area (Å²) in [5.41, 5.74) is 3.54. The number of hydrogen-bond acceptors (Lipinski definition) is 6. The minimum absolute atomic E-state index is 0.104. The van der Waals surface area contributed by atoms with Crippen molar-refractivity contribution in [2.75, 3.05) is 0 Å². The Hall–Kier alpha value is -3.88. The molecule has 8 heteroatoms. The number of rotatable bonds is 5. The van der Waals surface area contributed by atoms with Gasteiger partial charge in [0.1, 0.15) is 9.66 Å². The standard InChI is InChI=1S/C26H18N4O2S2/c31-25-21-19(17-7-3-1-4-8-17)13-33-23(21)27-15-29(25)11-12-30-16-28-24-22(26(30)32)20(14-34-24)18-9-5-2-6-10-18/h1-10,13-16H,11-12H2. The van der Waals surface area contributed by atoms with Crippen LogP contribution in [0.1, 0.15) is 0 Å². The lowest BCUT2D eigenvalue weighted by Crippen LogP contribution is -2.27. The average molecular weight is 483 g/mol. The second kappa shape index (κ2) is 8.48. The Kier molecular flexibility index (Phi) is 5.16. The molecule has 0 N–H and O–H groups in total. The first-order chi connectivity index (χ1) is 16.7. The molecule has 0 fully saturated rings. The van der Waals surface area contributed by atoms with Crippen LogP contribution in [-0.2, 0) is 13.1 Å². The van der Waals surface area contributed by atoms with Gasteiger partial charge >= 0.3 is 0 Å². The molecule has 4 aromatic heterocycles. The summed E-state index contributed by atoms with van der Waals surface area (Å²) in [6, 6.07) is 19.7. The number of benzene rings is 2. The van der Waals surface area contributed by atoms with Gasteiger partial charge in [0, 0.05) is 35.0 Å². The molecule has 0 amide bonds. The van der Waals surface area contributed by atoms with Gasteiger partial charge in [0.05, 0.1) is 23.4 Å². The summed E-state index contributed by atoms with van der Waals surface area (Å²) in [6.45, 7) is 0.646. The van der Waals surface area contributed by atoms with Crippen LogP contribution in [0.2, 0.25) is 0 Å². The van der Waals surface area contributed by atoms with Crippen LogP contribution in [0.4, 0.5) is 0 Å². The van der Waals surface area contributed by atoms with E-state index in [0.717, 1.165) is 22.3 Å². The van der Waals surface area contributed by atoms with Gasteiger partial charge in [-0.3, -0.25) is 18.7 Å². The maximum atomic E-state index is 13.3. The molecule has 34 heavy (non-hydrogen) atoms. The lowest BCUT2D eigenvalue weighted by molar-refractivity contribution is 0.547. The van der Waals surface area contributed by atoms with Gasteiger partial charge in [0.25, 0.3) is 11.1 Å². The minimum Gasteiger partial charge on any atom is -0.297 e. The Bertz CT molecular complexity index is 1620. The van der Waals surface area contributed by atoms with Crippen molar-refractivity contribution in [1.82, 2.24) is 19.1 Å². The van der Waals surface area contributed by atoms with E-state index in [4.69, 9.17) is 0 Å². The highest BCUT2D eigenvalue weighted by atomic mass is 32.1. The Labute approximate surface area is 202 Å². The molecule has 0 saturated heterocycles. The van der Waals surface area contributed by atoms with E-state index in [2.05, 4.69) is 9.97 Å². The molecule has 0 aliphatic carbocycles. The highest BCUT2D eigenvalue weighted by molar-refractivity contribution is 7.17. The number of aryl methyl sites for hydroxylation is 2. The molecule has 0 spiro atoms. The van der Waals surface area contributed by atoms with Crippen molar-refractivity contribution in [3.8, 4) is 22.3 Å². The molecule has 6 aromatic rings. The first-order valence-electron chi connectivity index (χ1n) is 10.7. The highest BCUT2D eigenvalue weighted by Crippen LogP contribution is 2.31. The SMILES string of the molecule is O=c1c2c(-c3ccccc3)csc2ncn1CCn1cnc2scc(-c3ccccc3)c2c1=O. The fourth-order valence-corrected chi connectivity index (χ4v) is 5.94. The van der Waals surface area contributed by atoms with Crippen molar-refractivity contribution in [2.24, 2.45) is 0 Å². The van der Waals surface area contributed by atoms with Crippen LogP contribution in [0.15, 0.2) is 93.7 Å². The molecule has 0 unspecified atom stereocenters. The van der Waals surface area contributed by atoms with Gasteiger partial charge in [-0.2, -0.15) is 0 Å². The third-order valence-corrected chi connectivity index (χ3v) is 7.65. The molecule has 6 nitrogen and oxygen atoms in total. The predicted octanol–water partition coefficient (Wildman–Crippen LogP) is 5.26. The first kappa shape index (κ1) is 20.7. The fourth-order valence-electron chi connectivity index (χ4n) is 4.13.